The van der Waals surface area contributed by atoms with Crippen molar-refractivity contribution >= 4 is 17.2 Å². The molecule has 1 fully saturated rings. The molecular formula is C16H18FN3OS. The fraction of sp³-hybridized carbons (Fsp3) is 0.375. The summed E-state index contributed by atoms with van der Waals surface area (Å²) in [5.41, 5.74) is 3.12. The van der Waals surface area contributed by atoms with Crippen molar-refractivity contribution in [3.63, 3.8) is 0 Å². The third kappa shape index (κ3) is 3.51. The number of rotatable bonds is 5. The van der Waals surface area contributed by atoms with Gasteiger partial charge in [0.25, 0.3) is 5.91 Å². The number of hydrogen-bond donors (Lipinski definition) is 1. The molecule has 6 heteroatoms. The number of nitrogens with one attached hydrogen (secondary N) is 1. The quantitative estimate of drug-likeness (QED) is 0.922. The number of halogens is 1. The molecule has 1 unspecified atom stereocenters. The van der Waals surface area contributed by atoms with Crippen LogP contribution in [0.3, 0.4) is 0 Å². The van der Waals surface area contributed by atoms with E-state index >= 15 is 0 Å². The minimum absolute atomic E-state index is 0.0747. The fourth-order valence-electron chi connectivity index (χ4n) is 2.80. The van der Waals surface area contributed by atoms with Gasteiger partial charge >= 0.3 is 0 Å². The van der Waals surface area contributed by atoms with E-state index in [2.05, 4.69) is 15.2 Å². The van der Waals surface area contributed by atoms with Gasteiger partial charge in [0.2, 0.25) is 0 Å². The summed E-state index contributed by atoms with van der Waals surface area (Å²) in [6.07, 6.45) is 2.33. The first-order valence-corrected chi connectivity index (χ1v) is 8.34. The molecule has 1 N–H and O–H groups in total. The van der Waals surface area contributed by atoms with Crippen LogP contribution in [0.15, 0.2) is 35.2 Å². The van der Waals surface area contributed by atoms with Crippen molar-refractivity contribution in [3.8, 4) is 0 Å². The second-order valence-electron chi connectivity index (χ2n) is 5.39. The summed E-state index contributed by atoms with van der Waals surface area (Å²) in [6.45, 7) is 2.52. The first kappa shape index (κ1) is 15.1. The molecule has 1 aromatic carbocycles. The summed E-state index contributed by atoms with van der Waals surface area (Å²) in [5.74, 6) is -0.400. The molecule has 116 valence electrons. The summed E-state index contributed by atoms with van der Waals surface area (Å²) in [4.78, 5) is 18.4. The molecule has 1 saturated heterocycles. The van der Waals surface area contributed by atoms with E-state index < -0.39 is 0 Å². The number of likely N-dealkylation sites (tertiary alicyclic amines) is 1. The van der Waals surface area contributed by atoms with Gasteiger partial charge in [-0.3, -0.25) is 9.69 Å². The smallest absolute Gasteiger partial charge is 0.270 e. The van der Waals surface area contributed by atoms with Crippen LogP contribution in [-0.4, -0.2) is 35.4 Å². The highest BCUT2D eigenvalue weighted by atomic mass is 32.1. The molecule has 1 aliphatic heterocycles. The largest absolute Gasteiger partial charge is 0.349 e. The summed E-state index contributed by atoms with van der Waals surface area (Å²) in [5, 5.41) is 4.68. The summed E-state index contributed by atoms with van der Waals surface area (Å²) in [6, 6.07) is 6.62. The van der Waals surface area contributed by atoms with Gasteiger partial charge in [-0.1, -0.05) is 12.1 Å². The average Bonchev–Trinajstić information content (AvgIpc) is 3.22. The number of amides is 1. The van der Waals surface area contributed by atoms with Crippen molar-refractivity contribution < 1.29 is 9.18 Å². The highest BCUT2D eigenvalue weighted by Crippen LogP contribution is 2.24. The van der Waals surface area contributed by atoms with Crippen LogP contribution in [0.25, 0.3) is 0 Å². The Morgan fingerprint density at radius 3 is 2.68 bits per heavy atom. The maximum Gasteiger partial charge on any atom is 0.270 e. The maximum atomic E-state index is 13.1. The lowest BCUT2D eigenvalue weighted by atomic mass is 10.1. The second-order valence-corrected chi connectivity index (χ2v) is 6.11. The Kier molecular flexibility index (Phi) is 4.80. The Balaban J connectivity index is 1.71. The van der Waals surface area contributed by atoms with E-state index in [-0.39, 0.29) is 17.8 Å². The minimum Gasteiger partial charge on any atom is -0.349 e. The van der Waals surface area contributed by atoms with Gasteiger partial charge in [-0.2, -0.15) is 0 Å². The second kappa shape index (κ2) is 6.98. The standard InChI is InChI=1S/C16H18FN3OS/c17-13-5-3-12(4-6-13)15(20-7-1-2-8-20)9-18-16(21)14-10-22-11-19-14/h3-6,10-11,15H,1-2,7-9H2,(H,18,21). The van der Waals surface area contributed by atoms with Crippen LogP contribution in [0, 0.1) is 5.82 Å². The molecule has 2 aromatic rings. The number of carbonyl (C=O) groups excluding carboxylic acids is 1. The first-order valence-electron chi connectivity index (χ1n) is 7.40. The van der Waals surface area contributed by atoms with E-state index in [9.17, 15) is 9.18 Å². The van der Waals surface area contributed by atoms with Crippen molar-refractivity contribution in [3.05, 3.63) is 52.2 Å². The predicted molar refractivity (Wildman–Crippen MR) is 84.4 cm³/mol. The van der Waals surface area contributed by atoms with Crippen LogP contribution in [0.4, 0.5) is 4.39 Å². The lowest BCUT2D eigenvalue weighted by molar-refractivity contribution is 0.0933. The van der Waals surface area contributed by atoms with Gasteiger partial charge in [-0.05, 0) is 43.6 Å². The van der Waals surface area contributed by atoms with E-state index in [1.54, 1.807) is 23.0 Å². The molecule has 2 heterocycles. The number of aromatic nitrogens is 1. The lowest BCUT2D eigenvalue weighted by Gasteiger charge is -2.28. The van der Waals surface area contributed by atoms with Crippen molar-refractivity contribution in [1.29, 1.82) is 0 Å². The van der Waals surface area contributed by atoms with Gasteiger partial charge < -0.3 is 5.32 Å². The predicted octanol–water partition coefficient (Wildman–Crippen LogP) is 2.85. The number of thiazole rings is 1. The normalized spacial score (nSPS) is 16.6. The van der Waals surface area contributed by atoms with E-state index in [4.69, 9.17) is 0 Å². The average molecular weight is 319 g/mol. The van der Waals surface area contributed by atoms with Gasteiger partial charge in [0.05, 0.1) is 11.6 Å². The monoisotopic (exact) mass is 319 g/mol. The van der Waals surface area contributed by atoms with Gasteiger partial charge in [0.15, 0.2) is 0 Å². The Morgan fingerprint density at radius 2 is 2.05 bits per heavy atom. The van der Waals surface area contributed by atoms with Crippen LogP contribution < -0.4 is 5.32 Å². The molecule has 3 rings (SSSR count). The molecule has 1 aromatic heterocycles. The minimum atomic E-state index is -0.240. The molecule has 0 bridgehead atoms. The number of nitrogens with zero attached hydrogens (tertiary/aromatic N) is 2. The number of benzene rings is 1. The lowest BCUT2D eigenvalue weighted by Crippen LogP contribution is -2.36. The van der Waals surface area contributed by atoms with Crippen LogP contribution in [-0.2, 0) is 0 Å². The molecular weight excluding hydrogens is 301 g/mol. The van der Waals surface area contributed by atoms with E-state index in [1.807, 2.05) is 0 Å². The molecule has 0 aliphatic carbocycles. The molecule has 4 nitrogen and oxygen atoms in total. The van der Waals surface area contributed by atoms with Gasteiger partial charge in [-0.25, -0.2) is 9.37 Å². The van der Waals surface area contributed by atoms with Crippen molar-refractivity contribution in [2.24, 2.45) is 0 Å². The Morgan fingerprint density at radius 1 is 1.32 bits per heavy atom. The summed E-state index contributed by atoms with van der Waals surface area (Å²) < 4.78 is 13.1. The van der Waals surface area contributed by atoms with Gasteiger partial charge in [0, 0.05) is 11.9 Å². The van der Waals surface area contributed by atoms with Gasteiger partial charge in [0.1, 0.15) is 11.5 Å². The first-order chi connectivity index (χ1) is 10.7. The van der Waals surface area contributed by atoms with E-state index in [0.29, 0.717) is 12.2 Å². The summed E-state index contributed by atoms with van der Waals surface area (Å²) >= 11 is 1.40. The topological polar surface area (TPSA) is 45.2 Å². The highest BCUT2D eigenvalue weighted by Gasteiger charge is 2.24. The molecule has 0 spiro atoms. The maximum absolute atomic E-state index is 13.1. The summed E-state index contributed by atoms with van der Waals surface area (Å²) in [7, 11) is 0. The van der Waals surface area contributed by atoms with Crippen molar-refractivity contribution in [2.45, 2.75) is 18.9 Å². The zero-order valence-corrected chi connectivity index (χ0v) is 13.0. The Labute approximate surface area is 133 Å². The van der Waals surface area contributed by atoms with Crippen LogP contribution in [0.5, 0.6) is 0 Å². The fourth-order valence-corrected chi connectivity index (χ4v) is 3.33. The Hall–Kier alpha value is -1.79. The Bertz CT molecular complexity index is 609. The molecule has 0 radical (unpaired) electrons. The van der Waals surface area contributed by atoms with Crippen LogP contribution in [0.1, 0.15) is 34.9 Å². The number of hydrogen-bond acceptors (Lipinski definition) is 4. The van der Waals surface area contributed by atoms with E-state index in [1.165, 1.54) is 23.5 Å². The molecule has 22 heavy (non-hydrogen) atoms. The SMILES string of the molecule is O=C(NCC(c1ccc(F)cc1)N1CCCC1)c1cscn1. The van der Waals surface area contributed by atoms with Crippen LogP contribution in [0.2, 0.25) is 0 Å². The molecule has 1 aliphatic rings. The molecule has 1 amide bonds. The van der Waals surface area contributed by atoms with Gasteiger partial charge in [-0.15, -0.1) is 11.3 Å². The van der Waals surface area contributed by atoms with Crippen molar-refractivity contribution in [2.75, 3.05) is 19.6 Å². The third-order valence-corrected chi connectivity index (χ3v) is 4.54. The molecule has 1 atom stereocenters. The zero-order valence-electron chi connectivity index (χ0n) is 12.2. The third-order valence-electron chi connectivity index (χ3n) is 3.96. The van der Waals surface area contributed by atoms with Crippen LogP contribution >= 0.6 is 11.3 Å². The number of carbonyl (C=O) groups is 1. The van der Waals surface area contributed by atoms with Crippen molar-refractivity contribution in [1.82, 2.24) is 15.2 Å². The highest BCUT2D eigenvalue weighted by molar-refractivity contribution is 7.07. The molecule has 0 saturated carbocycles. The van der Waals surface area contributed by atoms with E-state index in [0.717, 1.165) is 31.5 Å². The zero-order chi connectivity index (χ0) is 15.4.